The Kier molecular flexibility index (Phi) is 6.10. The number of carbonyl (C=O) groups excluding carboxylic acids is 1. The molecule has 3 aliphatic rings. The SMILES string of the molecule is CC1CN(c2ccc(F)cc2)CCN1CCC1CC2(CCN(C(=O)O)CC2)C(=O)N1C. The predicted octanol–water partition coefficient (Wildman–Crippen LogP) is 2.72. The van der Waals surface area contributed by atoms with Gasteiger partial charge in [-0.15, -0.1) is 0 Å². The van der Waals surface area contributed by atoms with Crippen molar-refractivity contribution < 1.29 is 19.1 Å². The number of rotatable bonds is 4. The van der Waals surface area contributed by atoms with E-state index in [2.05, 4.69) is 16.7 Å². The largest absolute Gasteiger partial charge is 0.465 e. The highest BCUT2D eigenvalue weighted by atomic mass is 19.1. The van der Waals surface area contributed by atoms with Gasteiger partial charge in [-0.3, -0.25) is 9.69 Å². The summed E-state index contributed by atoms with van der Waals surface area (Å²) >= 11 is 0. The first-order valence-corrected chi connectivity index (χ1v) is 11.3. The molecule has 0 aliphatic carbocycles. The van der Waals surface area contributed by atoms with E-state index in [4.69, 9.17) is 0 Å². The van der Waals surface area contributed by atoms with Crippen molar-refractivity contribution in [3.05, 3.63) is 30.1 Å². The van der Waals surface area contributed by atoms with Gasteiger partial charge in [0.15, 0.2) is 0 Å². The summed E-state index contributed by atoms with van der Waals surface area (Å²) in [6, 6.07) is 7.30. The number of benzene rings is 1. The quantitative estimate of drug-likeness (QED) is 0.793. The van der Waals surface area contributed by atoms with Crippen LogP contribution in [0, 0.1) is 11.2 Å². The zero-order valence-electron chi connectivity index (χ0n) is 18.5. The molecule has 4 rings (SSSR count). The van der Waals surface area contributed by atoms with Crippen molar-refractivity contribution in [1.29, 1.82) is 0 Å². The van der Waals surface area contributed by atoms with Gasteiger partial charge in [-0.2, -0.15) is 0 Å². The van der Waals surface area contributed by atoms with Gasteiger partial charge >= 0.3 is 6.09 Å². The fourth-order valence-corrected chi connectivity index (χ4v) is 5.58. The lowest BCUT2D eigenvalue weighted by Gasteiger charge is -2.41. The first-order chi connectivity index (χ1) is 14.8. The second-order valence-electron chi connectivity index (χ2n) is 9.42. The summed E-state index contributed by atoms with van der Waals surface area (Å²) in [4.78, 5) is 32.4. The number of piperidine rings is 1. The van der Waals surface area contributed by atoms with Crippen LogP contribution < -0.4 is 4.90 Å². The highest BCUT2D eigenvalue weighted by Gasteiger charge is 2.51. The minimum absolute atomic E-state index is 0.191. The predicted molar refractivity (Wildman–Crippen MR) is 117 cm³/mol. The van der Waals surface area contributed by atoms with E-state index in [1.807, 2.05) is 24.1 Å². The Hall–Kier alpha value is -2.35. The Morgan fingerprint density at radius 1 is 1.16 bits per heavy atom. The Balaban J connectivity index is 1.30. The smallest absolute Gasteiger partial charge is 0.407 e. The maximum Gasteiger partial charge on any atom is 0.407 e. The second kappa shape index (κ2) is 8.65. The van der Waals surface area contributed by atoms with Crippen LogP contribution in [0.5, 0.6) is 0 Å². The number of nitrogens with zero attached hydrogens (tertiary/aromatic N) is 4. The number of amides is 2. The van der Waals surface area contributed by atoms with E-state index in [1.54, 1.807) is 0 Å². The van der Waals surface area contributed by atoms with Gasteiger partial charge in [0.2, 0.25) is 5.91 Å². The van der Waals surface area contributed by atoms with E-state index >= 15 is 0 Å². The van der Waals surface area contributed by atoms with E-state index in [1.165, 1.54) is 17.0 Å². The third-order valence-electron chi connectivity index (χ3n) is 7.65. The monoisotopic (exact) mass is 432 g/mol. The molecule has 8 heteroatoms. The number of carbonyl (C=O) groups is 2. The van der Waals surface area contributed by atoms with Gasteiger partial charge in [-0.25, -0.2) is 9.18 Å². The number of likely N-dealkylation sites (tertiary alicyclic amines) is 2. The molecule has 31 heavy (non-hydrogen) atoms. The van der Waals surface area contributed by atoms with Gasteiger partial charge < -0.3 is 19.8 Å². The van der Waals surface area contributed by atoms with Gasteiger partial charge in [0.05, 0.1) is 5.41 Å². The third-order valence-corrected chi connectivity index (χ3v) is 7.65. The lowest BCUT2D eigenvalue weighted by molar-refractivity contribution is -0.137. The molecule has 0 radical (unpaired) electrons. The molecule has 3 saturated heterocycles. The molecule has 2 unspecified atom stereocenters. The highest BCUT2D eigenvalue weighted by Crippen LogP contribution is 2.44. The fraction of sp³-hybridized carbons (Fsp3) is 0.652. The lowest BCUT2D eigenvalue weighted by atomic mass is 9.76. The molecular formula is C23H33FN4O3. The number of anilines is 1. The van der Waals surface area contributed by atoms with Crippen LogP contribution in [0.2, 0.25) is 0 Å². The maximum absolute atomic E-state index is 13.2. The molecule has 0 aromatic heterocycles. The van der Waals surface area contributed by atoms with Crippen molar-refractivity contribution in [1.82, 2.24) is 14.7 Å². The lowest BCUT2D eigenvalue weighted by Crippen LogP contribution is -2.52. The summed E-state index contributed by atoms with van der Waals surface area (Å²) in [6.07, 6.45) is 2.14. The van der Waals surface area contributed by atoms with E-state index in [0.29, 0.717) is 32.0 Å². The molecule has 7 nitrogen and oxygen atoms in total. The summed E-state index contributed by atoms with van der Waals surface area (Å²) in [5.41, 5.74) is 0.682. The molecule has 1 aromatic carbocycles. The Morgan fingerprint density at radius 2 is 1.84 bits per heavy atom. The normalized spacial score (nSPS) is 26.7. The number of piperazine rings is 1. The van der Waals surface area contributed by atoms with E-state index in [0.717, 1.165) is 44.7 Å². The molecule has 3 aliphatic heterocycles. The van der Waals surface area contributed by atoms with Crippen molar-refractivity contribution in [2.24, 2.45) is 5.41 Å². The van der Waals surface area contributed by atoms with Crippen molar-refractivity contribution >= 4 is 17.7 Å². The zero-order chi connectivity index (χ0) is 22.2. The molecule has 3 heterocycles. The summed E-state index contributed by atoms with van der Waals surface area (Å²) in [7, 11) is 1.90. The van der Waals surface area contributed by atoms with E-state index in [9.17, 15) is 19.1 Å². The van der Waals surface area contributed by atoms with Crippen LogP contribution in [0.15, 0.2) is 24.3 Å². The van der Waals surface area contributed by atoms with Gasteiger partial charge in [-0.1, -0.05) is 0 Å². The molecule has 0 bridgehead atoms. The van der Waals surface area contributed by atoms with Crippen molar-refractivity contribution in [3.63, 3.8) is 0 Å². The van der Waals surface area contributed by atoms with Crippen LogP contribution in [-0.4, -0.2) is 90.2 Å². The fourth-order valence-electron chi connectivity index (χ4n) is 5.58. The van der Waals surface area contributed by atoms with Crippen molar-refractivity contribution in [2.75, 3.05) is 51.2 Å². The topological polar surface area (TPSA) is 67.3 Å². The van der Waals surface area contributed by atoms with E-state index < -0.39 is 6.09 Å². The number of halogens is 1. The van der Waals surface area contributed by atoms with Crippen LogP contribution in [0.25, 0.3) is 0 Å². The number of carboxylic acid groups (broad SMARTS) is 1. The standard InChI is InChI=1S/C23H33FN4O3/c1-17-16-28(19-5-3-18(24)4-6-19)14-13-26(17)10-7-20-15-23(21(29)25(20)2)8-11-27(12-9-23)22(30)31/h3-6,17,20H,7-16H2,1-2H3,(H,30,31). The molecular weight excluding hydrogens is 399 g/mol. The Morgan fingerprint density at radius 3 is 2.45 bits per heavy atom. The maximum atomic E-state index is 13.2. The van der Waals surface area contributed by atoms with Gasteiger partial charge in [0.25, 0.3) is 0 Å². The van der Waals surface area contributed by atoms with Crippen LogP contribution in [0.1, 0.15) is 32.6 Å². The first-order valence-electron chi connectivity index (χ1n) is 11.3. The summed E-state index contributed by atoms with van der Waals surface area (Å²) in [6.45, 7) is 6.82. The first kappa shape index (κ1) is 21.9. The molecule has 2 atom stereocenters. The Labute approximate surface area is 183 Å². The Bertz CT molecular complexity index is 810. The summed E-state index contributed by atoms with van der Waals surface area (Å²) in [5.74, 6) is -0.0196. The van der Waals surface area contributed by atoms with Crippen LogP contribution in [0.4, 0.5) is 14.9 Å². The molecule has 170 valence electrons. The molecule has 1 N–H and O–H groups in total. The second-order valence-corrected chi connectivity index (χ2v) is 9.42. The zero-order valence-corrected chi connectivity index (χ0v) is 18.5. The highest BCUT2D eigenvalue weighted by molar-refractivity contribution is 5.85. The van der Waals surface area contributed by atoms with Gasteiger partial charge in [0.1, 0.15) is 5.82 Å². The molecule has 2 amide bonds. The summed E-state index contributed by atoms with van der Waals surface area (Å²) < 4.78 is 13.2. The average molecular weight is 433 g/mol. The molecule has 1 aromatic rings. The average Bonchev–Trinajstić information content (AvgIpc) is 2.98. The van der Waals surface area contributed by atoms with E-state index in [-0.39, 0.29) is 23.2 Å². The number of hydrogen-bond donors (Lipinski definition) is 1. The van der Waals surface area contributed by atoms with Crippen LogP contribution in [-0.2, 0) is 4.79 Å². The van der Waals surface area contributed by atoms with Crippen LogP contribution in [0.3, 0.4) is 0 Å². The van der Waals surface area contributed by atoms with Gasteiger partial charge in [0, 0.05) is 64.1 Å². The molecule has 1 spiro atoms. The minimum Gasteiger partial charge on any atom is -0.465 e. The van der Waals surface area contributed by atoms with Crippen molar-refractivity contribution in [3.8, 4) is 0 Å². The van der Waals surface area contributed by atoms with Crippen LogP contribution >= 0.6 is 0 Å². The van der Waals surface area contributed by atoms with Crippen molar-refractivity contribution in [2.45, 2.75) is 44.7 Å². The number of hydrogen-bond acceptors (Lipinski definition) is 4. The molecule has 3 fully saturated rings. The third kappa shape index (κ3) is 4.35. The molecule has 0 saturated carbocycles. The minimum atomic E-state index is -0.890. The summed E-state index contributed by atoms with van der Waals surface area (Å²) in [5, 5.41) is 9.20. The van der Waals surface area contributed by atoms with Gasteiger partial charge in [-0.05, 0) is 56.9 Å².